The molecule has 1 aromatic carbocycles. The predicted molar refractivity (Wildman–Crippen MR) is 162 cm³/mol. The smallest absolute Gasteiger partial charge is 0.178 e. The van der Waals surface area contributed by atoms with E-state index in [2.05, 4.69) is 61.1 Å². The summed E-state index contributed by atoms with van der Waals surface area (Å²) in [7, 11) is -3.39. The van der Waals surface area contributed by atoms with Crippen molar-refractivity contribution in [1.82, 2.24) is 0 Å². The van der Waals surface area contributed by atoms with Gasteiger partial charge >= 0.3 is 0 Å². The molecule has 0 bridgehead atoms. The van der Waals surface area contributed by atoms with E-state index >= 15 is 0 Å². The first-order valence-corrected chi connectivity index (χ1v) is 16.8. The van der Waals surface area contributed by atoms with Crippen LogP contribution in [-0.4, -0.2) is 38.6 Å². The molecular weight excluding hydrogens is 742 g/mol. The van der Waals surface area contributed by atoms with Crippen LogP contribution in [0.4, 0.5) is 0 Å². The number of hydrogen-bond acceptors (Lipinski definition) is 4. The monoisotopic (exact) mass is 795 g/mol. The Morgan fingerprint density at radius 3 is 2.33 bits per heavy atom. The molecule has 2 fully saturated rings. The number of benzene rings is 1. The molecule has 3 rings (SSSR count). The summed E-state index contributed by atoms with van der Waals surface area (Å²) < 4.78 is 39.4. The van der Waals surface area contributed by atoms with Crippen LogP contribution >= 0.6 is 0 Å². The van der Waals surface area contributed by atoms with E-state index in [-0.39, 0.29) is 72.9 Å². The molecule has 1 aromatic rings. The van der Waals surface area contributed by atoms with Crippen molar-refractivity contribution in [3.8, 4) is 0 Å². The van der Waals surface area contributed by atoms with Gasteiger partial charge in [0.2, 0.25) is 0 Å². The summed E-state index contributed by atoms with van der Waals surface area (Å²) in [6.07, 6.45) is 9.75. The van der Waals surface area contributed by atoms with Crippen molar-refractivity contribution < 1.29 is 49.0 Å². The first-order valence-electron chi connectivity index (χ1n) is 15.2. The molecule has 9 atom stereocenters. The molecule has 0 amide bonds. The number of rotatable bonds is 15. The molecule has 0 N–H and O–H groups in total. The molecule has 0 spiro atoms. The zero-order valence-corrected chi connectivity index (χ0v) is 30.8. The summed E-state index contributed by atoms with van der Waals surface area (Å²) >= 11 is 0. The molecular formula is C34H53O4SU-. The van der Waals surface area contributed by atoms with Gasteiger partial charge in [0.1, 0.15) is 0 Å². The first kappa shape index (κ1) is 35.8. The Morgan fingerprint density at radius 1 is 1.05 bits per heavy atom. The van der Waals surface area contributed by atoms with E-state index in [1.54, 1.807) is 24.3 Å². The summed E-state index contributed by atoms with van der Waals surface area (Å²) in [5.74, 6) is 1.49. The number of sulfone groups is 1. The van der Waals surface area contributed by atoms with Gasteiger partial charge in [0.25, 0.3) is 0 Å². The fraction of sp³-hybridized carbons (Fsp3) is 0.676. The number of allylic oxidation sites excluding steroid dienone is 1. The van der Waals surface area contributed by atoms with Crippen LogP contribution in [0.2, 0.25) is 0 Å². The minimum absolute atomic E-state index is 0. The molecule has 40 heavy (non-hydrogen) atoms. The van der Waals surface area contributed by atoms with Gasteiger partial charge in [0.05, 0.1) is 35.1 Å². The van der Waals surface area contributed by atoms with Gasteiger partial charge in [-0.1, -0.05) is 83.9 Å². The largest absolute Gasteiger partial charge is 0.374 e. The molecule has 0 radical (unpaired) electrons. The topological polar surface area (TPSA) is 52.6 Å². The standard InChI is InChI=1S/C34H53O4S.U/c1-9-23(2)19-33-29(8)31(22-39(35,36)30-16-11-10-12-17-30)34(38-33)21-25(4)28(7)24(3)15-13-14-18-32-26(5)20-27(6)37-32;/h10-13,16-17,23-25,27,29,31-34H,5,7,9,14-15,18-22H2,1-4,6,8H3;/q-1;/t23?,24-,25-,27+,29-,31-,32?,33-,34?;/m1./s1. The van der Waals surface area contributed by atoms with Crippen LogP contribution in [0.3, 0.4) is 0 Å². The van der Waals surface area contributed by atoms with Gasteiger partial charge in [-0.2, -0.15) is 12.8 Å². The predicted octanol–water partition coefficient (Wildman–Crippen LogP) is 8.24. The van der Waals surface area contributed by atoms with Crippen LogP contribution in [0.1, 0.15) is 86.5 Å². The van der Waals surface area contributed by atoms with Crippen LogP contribution in [0, 0.1) is 67.1 Å². The normalized spacial score (nSPS) is 29.1. The fourth-order valence-corrected chi connectivity index (χ4v) is 8.12. The van der Waals surface area contributed by atoms with Crippen LogP contribution in [0.5, 0.6) is 0 Å². The van der Waals surface area contributed by atoms with Gasteiger partial charge in [-0.25, -0.2) is 8.42 Å². The summed E-state index contributed by atoms with van der Waals surface area (Å²) in [5.41, 5.74) is 2.45. The van der Waals surface area contributed by atoms with E-state index in [9.17, 15) is 8.42 Å². The third-order valence-electron chi connectivity index (χ3n) is 9.34. The van der Waals surface area contributed by atoms with E-state index in [0.29, 0.717) is 22.8 Å². The average molecular weight is 796 g/mol. The van der Waals surface area contributed by atoms with E-state index in [4.69, 9.17) is 9.47 Å². The fourth-order valence-electron chi connectivity index (χ4n) is 6.34. The van der Waals surface area contributed by atoms with Crippen molar-refractivity contribution in [1.29, 1.82) is 0 Å². The van der Waals surface area contributed by atoms with Gasteiger partial charge < -0.3 is 15.9 Å². The minimum Gasteiger partial charge on any atom is -0.374 e. The van der Waals surface area contributed by atoms with Crippen molar-refractivity contribution in [2.75, 3.05) is 5.75 Å². The second-order valence-electron chi connectivity index (χ2n) is 12.6. The Labute approximate surface area is 269 Å². The number of ether oxygens (including phenoxy) is 2. The molecule has 3 unspecified atom stereocenters. The van der Waals surface area contributed by atoms with Crippen molar-refractivity contribution in [3.05, 3.63) is 61.1 Å². The van der Waals surface area contributed by atoms with Crippen molar-refractivity contribution >= 4 is 9.84 Å². The van der Waals surface area contributed by atoms with Gasteiger partial charge in [0.15, 0.2) is 9.84 Å². The number of hydrogen-bond donors (Lipinski definition) is 0. The maximum Gasteiger partial charge on any atom is 0.178 e. The van der Waals surface area contributed by atoms with Gasteiger partial charge in [-0.15, -0.1) is 0 Å². The Hall–Kier alpha value is -0.378. The minimum atomic E-state index is -3.39. The molecule has 2 aliphatic rings. The van der Waals surface area contributed by atoms with Gasteiger partial charge in [-0.3, -0.25) is 0 Å². The van der Waals surface area contributed by atoms with Crippen LogP contribution in [0.25, 0.3) is 0 Å². The van der Waals surface area contributed by atoms with Gasteiger partial charge in [0, 0.05) is 37.0 Å². The summed E-state index contributed by atoms with van der Waals surface area (Å²) in [6, 6.07) is 8.87. The summed E-state index contributed by atoms with van der Waals surface area (Å²) in [6.45, 7) is 21.9. The Balaban J connectivity index is 0.00000560. The van der Waals surface area contributed by atoms with Crippen molar-refractivity contribution in [2.24, 2.45) is 29.6 Å². The Kier molecular flexibility index (Phi) is 14.7. The molecule has 6 heteroatoms. The second-order valence-corrected chi connectivity index (χ2v) is 14.6. The summed E-state index contributed by atoms with van der Waals surface area (Å²) in [5, 5.41) is 0. The first-order chi connectivity index (χ1) is 18.4. The van der Waals surface area contributed by atoms with E-state index in [1.165, 1.54) is 11.1 Å². The van der Waals surface area contributed by atoms with Gasteiger partial charge in [-0.05, 0) is 68.1 Å². The molecule has 0 aliphatic carbocycles. The maximum absolute atomic E-state index is 13.4. The molecule has 0 aromatic heterocycles. The Morgan fingerprint density at radius 2 is 1.73 bits per heavy atom. The Bertz CT molecular complexity index is 1040. The van der Waals surface area contributed by atoms with E-state index in [1.807, 2.05) is 6.07 Å². The number of unbranched alkanes of at least 4 members (excludes halogenated alkanes) is 1. The van der Waals surface area contributed by atoms with Crippen LogP contribution in [-0.2, 0) is 19.3 Å². The SMILES string of the molecule is C=C1C[C@H](C)OC1CC[CH-]C[C@@H](C)C(=C)[C@H](C)CC1O[C@H](CC(C)CC)[C@H](C)[C@H]1CS(=O)(=O)c1ccccc1.[U]. The third-order valence-corrected chi connectivity index (χ3v) is 11.2. The van der Waals surface area contributed by atoms with Crippen LogP contribution < -0.4 is 0 Å². The summed E-state index contributed by atoms with van der Waals surface area (Å²) in [4.78, 5) is 0.406. The molecule has 2 saturated heterocycles. The molecule has 0 saturated carbocycles. The average Bonchev–Trinajstić information content (AvgIpc) is 3.37. The van der Waals surface area contributed by atoms with Crippen LogP contribution in [0.15, 0.2) is 59.5 Å². The molecule has 2 aliphatic heterocycles. The van der Waals surface area contributed by atoms with E-state index < -0.39 is 9.84 Å². The second kappa shape index (κ2) is 16.5. The van der Waals surface area contributed by atoms with E-state index in [0.717, 1.165) is 44.9 Å². The maximum atomic E-state index is 13.4. The third kappa shape index (κ3) is 9.84. The molecule has 2 heterocycles. The quantitative estimate of drug-likeness (QED) is 0.102. The molecule has 4 nitrogen and oxygen atoms in total. The zero-order valence-electron chi connectivity index (χ0n) is 25.8. The van der Waals surface area contributed by atoms with Crippen molar-refractivity contribution in [2.45, 2.75) is 116 Å². The zero-order chi connectivity index (χ0) is 28.7. The molecule has 224 valence electrons. The van der Waals surface area contributed by atoms with Crippen molar-refractivity contribution in [3.63, 3.8) is 0 Å².